The van der Waals surface area contributed by atoms with Gasteiger partial charge in [-0.05, 0) is 36.1 Å². The van der Waals surface area contributed by atoms with E-state index in [4.69, 9.17) is 0 Å². The van der Waals surface area contributed by atoms with E-state index >= 15 is 0 Å². The van der Waals surface area contributed by atoms with Crippen molar-refractivity contribution in [3.63, 3.8) is 0 Å². The van der Waals surface area contributed by atoms with Crippen molar-refractivity contribution >= 4 is 23.3 Å². The van der Waals surface area contributed by atoms with Gasteiger partial charge < -0.3 is 15.3 Å². The van der Waals surface area contributed by atoms with Crippen molar-refractivity contribution in [2.24, 2.45) is 11.8 Å². The van der Waals surface area contributed by atoms with E-state index < -0.39 is 12.0 Å². The summed E-state index contributed by atoms with van der Waals surface area (Å²) in [5, 5.41) is 13.7. The number of nitrogens with zero attached hydrogens (tertiary/aromatic N) is 1. The molecule has 0 radical (unpaired) electrons. The Balaban J connectivity index is 1.64. The summed E-state index contributed by atoms with van der Waals surface area (Å²) in [5.74, 6) is 0.219. The molecule has 1 aromatic heterocycles. The normalized spacial score (nSPS) is 26.3. The van der Waals surface area contributed by atoms with Crippen molar-refractivity contribution in [1.29, 1.82) is 0 Å². The van der Waals surface area contributed by atoms with Crippen LogP contribution in [0.25, 0.3) is 0 Å². The highest BCUT2D eigenvalue weighted by atomic mass is 32.1. The van der Waals surface area contributed by atoms with Crippen molar-refractivity contribution in [2.75, 3.05) is 13.1 Å². The average molecular weight is 294 g/mol. The average Bonchev–Trinajstić information content (AvgIpc) is 3.10. The summed E-state index contributed by atoms with van der Waals surface area (Å²) in [5.41, 5.74) is 0. The number of carboxylic acids is 1. The lowest BCUT2D eigenvalue weighted by atomic mass is 10.0. The minimum atomic E-state index is -1.01. The molecular weight excluding hydrogens is 276 g/mol. The largest absolute Gasteiger partial charge is 0.479 e. The molecular formula is C14H18N2O3S. The van der Waals surface area contributed by atoms with Gasteiger partial charge in [-0.25, -0.2) is 9.59 Å². The minimum Gasteiger partial charge on any atom is -0.479 e. The smallest absolute Gasteiger partial charge is 0.331 e. The van der Waals surface area contributed by atoms with Gasteiger partial charge >= 0.3 is 12.0 Å². The van der Waals surface area contributed by atoms with E-state index in [9.17, 15) is 14.7 Å². The molecule has 1 saturated heterocycles. The zero-order valence-corrected chi connectivity index (χ0v) is 11.9. The van der Waals surface area contributed by atoms with Crippen molar-refractivity contribution in [2.45, 2.75) is 25.3 Å². The number of hydrogen-bond acceptors (Lipinski definition) is 3. The molecule has 1 saturated carbocycles. The summed E-state index contributed by atoms with van der Waals surface area (Å²) in [6.45, 7) is 1.54. The fraction of sp³-hybridized carbons (Fsp3) is 0.571. The molecule has 1 aromatic rings. The maximum Gasteiger partial charge on any atom is 0.331 e. The molecule has 2 amide bonds. The van der Waals surface area contributed by atoms with Crippen LogP contribution in [-0.2, 0) is 4.79 Å². The second kappa shape index (κ2) is 5.44. The van der Waals surface area contributed by atoms with Gasteiger partial charge in [0, 0.05) is 18.0 Å². The summed E-state index contributed by atoms with van der Waals surface area (Å²) in [4.78, 5) is 26.0. The number of amides is 2. The molecule has 0 aromatic carbocycles. The lowest BCUT2D eigenvalue weighted by molar-refractivity contribution is -0.139. The Labute approximate surface area is 121 Å². The number of thiophene rings is 1. The van der Waals surface area contributed by atoms with E-state index in [1.165, 1.54) is 30.6 Å². The van der Waals surface area contributed by atoms with E-state index in [0.29, 0.717) is 16.7 Å². The first-order valence-corrected chi connectivity index (χ1v) is 7.85. The quantitative estimate of drug-likeness (QED) is 0.899. The van der Waals surface area contributed by atoms with E-state index in [-0.39, 0.29) is 6.03 Å². The van der Waals surface area contributed by atoms with Crippen molar-refractivity contribution in [1.82, 2.24) is 10.2 Å². The molecule has 6 heteroatoms. The van der Waals surface area contributed by atoms with Crippen LogP contribution >= 0.6 is 11.3 Å². The van der Waals surface area contributed by atoms with E-state index in [1.54, 1.807) is 17.0 Å². The topological polar surface area (TPSA) is 69.6 Å². The van der Waals surface area contributed by atoms with E-state index in [2.05, 4.69) is 5.32 Å². The molecule has 2 aliphatic rings. The minimum absolute atomic E-state index is 0.250. The number of carbonyl (C=O) groups excluding carboxylic acids is 1. The van der Waals surface area contributed by atoms with Crippen LogP contribution < -0.4 is 5.32 Å². The number of carbonyl (C=O) groups is 2. The Morgan fingerprint density at radius 3 is 2.60 bits per heavy atom. The van der Waals surface area contributed by atoms with Gasteiger partial charge in [0.1, 0.15) is 0 Å². The van der Waals surface area contributed by atoms with Crippen molar-refractivity contribution < 1.29 is 14.7 Å². The number of nitrogens with one attached hydrogen (secondary N) is 1. The van der Waals surface area contributed by atoms with Crippen molar-refractivity contribution in [3.05, 3.63) is 22.4 Å². The fourth-order valence-electron chi connectivity index (χ4n) is 3.33. The summed E-state index contributed by atoms with van der Waals surface area (Å²) in [6.07, 6.45) is 3.65. The summed E-state index contributed by atoms with van der Waals surface area (Å²) >= 11 is 1.35. The first kappa shape index (κ1) is 13.4. The summed E-state index contributed by atoms with van der Waals surface area (Å²) < 4.78 is 0. The van der Waals surface area contributed by atoms with Gasteiger partial charge in [0.2, 0.25) is 0 Å². The van der Waals surface area contributed by atoms with Crippen LogP contribution in [0.3, 0.4) is 0 Å². The first-order valence-electron chi connectivity index (χ1n) is 6.97. The molecule has 3 atom stereocenters. The van der Waals surface area contributed by atoms with Gasteiger partial charge in [-0.2, -0.15) is 0 Å². The fourth-order valence-corrected chi connectivity index (χ4v) is 4.09. The Morgan fingerprint density at radius 2 is 2.05 bits per heavy atom. The third-order valence-corrected chi connectivity index (χ3v) is 5.29. The van der Waals surface area contributed by atoms with Gasteiger partial charge in [0.25, 0.3) is 0 Å². The third kappa shape index (κ3) is 2.52. The Hall–Kier alpha value is -1.56. The Kier molecular flexibility index (Phi) is 3.65. The number of carboxylic acid groups (broad SMARTS) is 1. The number of hydrogen-bond donors (Lipinski definition) is 2. The summed E-state index contributed by atoms with van der Waals surface area (Å²) in [6, 6.07) is 2.34. The molecule has 0 bridgehead atoms. The van der Waals surface area contributed by atoms with Gasteiger partial charge in [0.05, 0.1) is 0 Å². The monoisotopic (exact) mass is 294 g/mol. The second-order valence-corrected chi connectivity index (χ2v) is 6.57. The highest BCUT2D eigenvalue weighted by Gasteiger charge is 2.39. The molecule has 0 spiro atoms. The van der Waals surface area contributed by atoms with Crippen molar-refractivity contribution in [3.8, 4) is 0 Å². The Bertz CT molecular complexity index is 491. The molecule has 5 nitrogen and oxygen atoms in total. The lowest BCUT2D eigenvalue weighted by Gasteiger charge is -2.21. The van der Waals surface area contributed by atoms with Crippen LogP contribution in [-0.4, -0.2) is 35.1 Å². The van der Waals surface area contributed by atoms with Gasteiger partial charge in [-0.3, -0.25) is 0 Å². The molecule has 1 aliphatic carbocycles. The van der Waals surface area contributed by atoms with Crippen LogP contribution in [0, 0.1) is 11.8 Å². The molecule has 108 valence electrons. The van der Waals surface area contributed by atoms with E-state index in [1.807, 2.05) is 5.38 Å². The number of rotatable bonds is 3. The highest BCUT2D eigenvalue weighted by molar-refractivity contribution is 7.10. The molecule has 3 rings (SSSR count). The van der Waals surface area contributed by atoms with Crippen LogP contribution in [0.15, 0.2) is 17.5 Å². The molecule has 20 heavy (non-hydrogen) atoms. The summed E-state index contributed by atoms with van der Waals surface area (Å²) in [7, 11) is 0. The SMILES string of the molecule is O=C(O)C(NC(=O)N1CC2CCCC2C1)c1cccs1. The zero-order chi connectivity index (χ0) is 14.1. The van der Waals surface area contributed by atoms with Crippen LogP contribution in [0.2, 0.25) is 0 Å². The maximum atomic E-state index is 12.2. The van der Waals surface area contributed by atoms with Gasteiger partial charge in [0.15, 0.2) is 6.04 Å². The standard InChI is InChI=1S/C14H18N2O3S/c17-13(18)12(11-5-2-6-20-11)15-14(19)16-7-9-3-1-4-10(9)8-16/h2,5-6,9-10,12H,1,3-4,7-8H2,(H,15,19)(H,17,18). The number of likely N-dealkylation sites (tertiary alicyclic amines) is 1. The highest BCUT2D eigenvalue weighted by Crippen LogP contribution is 2.37. The first-order chi connectivity index (χ1) is 9.65. The zero-order valence-electron chi connectivity index (χ0n) is 11.1. The predicted molar refractivity (Wildman–Crippen MR) is 75.6 cm³/mol. The van der Waals surface area contributed by atoms with Crippen LogP contribution in [0.5, 0.6) is 0 Å². The lowest BCUT2D eigenvalue weighted by Crippen LogP contribution is -2.42. The second-order valence-electron chi connectivity index (χ2n) is 5.59. The number of urea groups is 1. The molecule has 1 aliphatic heterocycles. The van der Waals surface area contributed by atoms with Crippen LogP contribution in [0.1, 0.15) is 30.2 Å². The van der Waals surface area contributed by atoms with Gasteiger partial charge in [-0.15, -0.1) is 11.3 Å². The van der Waals surface area contributed by atoms with Crippen LogP contribution in [0.4, 0.5) is 4.79 Å². The molecule has 3 unspecified atom stereocenters. The van der Waals surface area contributed by atoms with E-state index in [0.717, 1.165) is 13.1 Å². The number of aliphatic carboxylic acids is 1. The number of fused-ring (bicyclic) bond motifs is 1. The van der Waals surface area contributed by atoms with Gasteiger partial charge in [-0.1, -0.05) is 12.5 Å². The molecule has 2 N–H and O–H groups in total. The molecule has 2 heterocycles. The third-order valence-electron chi connectivity index (χ3n) is 4.36. The maximum absolute atomic E-state index is 12.2. The molecule has 2 fully saturated rings. The predicted octanol–water partition coefficient (Wildman–Crippen LogP) is 2.32. The Morgan fingerprint density at radius 1 is 1.35 bits per heavy atom.